The predicted molar refractivity (Wildman–Crippen MR) is 98.8 cm³/mol. The highest BCUT2D eigenvalue weighted by atomic mass is 16.3. The fourth-order valence-electron chi connectivity index (χ4n) is 2.70. The number of anilines is 2. The molecule has 4 rings (SSSR count). The van der Waals surface area contributed by atoms with Gasteiger partial charge in [0.15, 0.2) is 5.65 Å². The Hall–Kier alpha value is -3.28. The summed E-state index contributed by atoms with van der Waals surface area (Å²) in [7, 11) is 4.06. The summed E-state index contributed by atoms with van der Waals surface area (Å²) in [4.78, 5) is 6.54. The number of nitrogens with zero attached hydrogens (tertiary/aromatic N) is 4. The Labute approximate surface area is 145 Å². The summed E-state index contributed by atoms with van der Waals surface area (Å²) in [5.74, 6) is 1.64. The summed E-state index contributed by atoms with van der Waals surface area (Å²) in [6.07, 6.45) is 3.52. The maximum atomic E-state index is 5.34. The number of nitrogens with one attached hydrogen (secondary N) is 1. The van der Waals surface area contributed by atoms with Gasteiger partial charge in [0.05, 0.1) is 24.7 Å². The number of rotatable bonds is 5. The largest absolute Gasteiger partial charge is 0.467 e. The Morgan fingerprint density at radius 1 is 1.12 bits per heavy atom. The summed E-state index contributed by atoms with van der Waals surface area (Å²) in [5, 5.41) is 7.95. The van der Waals surface area contributed by atoms with Crippen LogP contribution in [0.3, 0.4) is 0 Å². The van der Waals surface area contributed by atoms with Gasteiger partial charge < -0.3 is 14.6 Å². The van der Waals surface area contributed by atoms with E-state index in [0.29, 0.717) is 6.54 Å². The molecule has 3 heterocycles. The van der Waals surface area contributed by atoms with E-state index < -0.39 is 0 Å². The molecule has 6 nitrogen and oxygen atoms in total. The van der Waals surface area contributed by atoms with Crippen LogP contribution in [0.2, 0.25) is 0 Å². The maximum Gasteiger partial charge on any atom is 0.154 e. The molecule has 1 aromatic carbocycles. The van der Waals surface area contributed by atoms with Crippen molar-refractivity contribution in [1.29, 1.82) is 0 Å². The fourth-order valence-corrected chi connectivity index (χ4v) is 2.70. The number of furan rings is 1. The summed E-state index contributed by atoms with van der Waals surface area (Å²) in [6.45, 7) is 0.589. The molecular weight excluding hydrogens is 314 g/mol. The lowest BCUT2D eigenvalue weighted by atomic mass is 10.1. The molecule has 3 aromatic heterocycles. The van der Waals surface area contributed by atoms with Crippen LogP contribution >= 0.6 is 0 Å². The van der Waals surface area contributed by atoms with E-state index >= 15 is 0 Å². The summed E-state index contributed by atoms with van der Waals surface area (Å²) in [6, 6.07) is 16.0. The highest BCUT2D eigenvalue weighted by Gasteiger charge is 2.09. The van der Waals surface area contributed by atoms with Gasteiger partial charge in [-0.3, -0.25) is 0 Å². The topological polar surface area (TPSA) is 58.6 Å². The molecule has 0 aliphatic rings. The highest BCUT2D eigenvalue weighted by molar-refractivity contribution is 5.68. The normalized spacial score (nSPS) is 11.0. The number of fused-ring (bicyclic) bond motifs is 1. The van der Waals surface area contributed by atoms with Crippen molar-refractivity contribution in [2.45, 2.75) is 6.54 Å². The van der Waals surface area contributed by atoms with Crippen LogP contribution in [-0.4, -0.2) is 28.7 Å². The first kappa shape index (κ1) is 15.3. The van der Waals surface area contributed by atoms with Crippen molar-refractivity contribution >= 4 is 17.2 Å². The summed E-state index contributed by atoms with van der Waals surface area (Å²) < 4.78 is 7.20. The predicted octanol–water partition coefficient (Wildman–Crippen LogP) is 3.67. The third-order valence-electron chi connectivity index (χ3n) is 4.04. The zero-order valence-corrected chi connectivity index (χ0v) is 14.2. The van der Waals surface area contributed by atoms with Gasteiger partial charge in [-0.05, 0) is 36.4 Å². The maximum absolute atomic E-state index is 5.34. The van der Waals surface area contributed by atoms with Crippen LogP contribution in [0.4, 0.5) is 11.5 Å². The quantitative estimate of drug-likeness (QED) is 0.604. The molecule has 0 radical (unpaired) electrons. The van der Waals surface area contributed by atoms with Crippen molar-refractivity contribution < 1.29 is 4.42 Å². The molecule has 4 aromatic rings. The first-order valence-electron chi connectivity index (χ1n) is 8.09. The van der Waals surface area contributed by atoms with E-state index in [0.717, 1.165) is 34.2 Å². The Morgan fingerprint density at radius 2 is 2.04 bits per heavy atom. The molecule has 0 unspecified atom stereocenters. The molecule has 0 saturated heterocycles. The highest BCUT2D eigenvalue weighted by Crippen LogP contribution is 2.24. The third kappa shape index (κ3) is 3.06. The van der Waals surface area contributed by atoms with Crippen LogP contribution in [0.25, 0.3) is 16.9 Å². The van der Waals surface area contributed by atoms with E-state index in [-0.39, 0.29) is 0 Å². The van der Waals surface area contributed by atoms with Crippen molar-refractivity contribution in [2.75, 3.05) is 24.3 Å². The molecule has 0 saturated carbocycles. The Balaban J connectivity index is 1.67. The van der Waals surface area contributed by atoms with Gasteiger partial charge in [-0.1, -0.05) is 12.1 Å². The molecule has 0 aliphatic carbocycles. The minimum absolute atomic E-state index is 0.589. The van der Waals surface area contributed by atoms with Crippen LogP contribution in [0.1, 0.15) is 5.76 Å². The molecule has 0 amide bonds. The van der Waals surface area contributed by atoms with Crippen LogP contribution in [0.15, 0.2) is 65.4 Å². The molecule has 0 atom stereocenters. The average molecular weight is 333 g/mol. The van der Waals surface area contributed by atoms with Crippen molar-refractivity contribution in [3.63, 3.8) is 0 Å². The third-order valence-corrected chi connectivity index (χ3v) is 4.04. The number of hydrogen-bond acceptors (Lipinski definition) is 5. The molecule has 126 valence electrons. The first-order chi connectivity index (χ1) is 12.2. The van der Waals surface area contributed by atoms with Crippen LogP contribution < -0.4 is 10.2 Å². The smallest absolute Gasteiger partial charge is 0.154 e. The monoisotopic (exact) mass is 333 g/mol. The second-order valence-electron chi connectivity index (χ2n) is 6.01. The molecule has 6 heteroatoms. The lowest BCUT2D eigenvalue weighted by molar-refractivity contribution is 0.517. The van der Waals surface area contributed by atoms with E-state index in [2.05, 4.69) is 38.5 Å². The second kappa shape index (κ2) is 6.32. The second-order valence-corrected chi connectivity index (χ2v) is 6.01. The Kier molecular flexibility index (Phi) is 3.85. The van der Waals surface area contributed by atoms with Gasteiger partial charge in [-0.15, -0.1) is 5.10 Å². The average Bonchev–Trinajstić information content (AvgIpc) is 3.29. The number of imidazole rings is 1. The van der Waals surface area contributed by atoms with Gasteiger partial charge in [0, 0.05) is 25.3 Å². The van der Waals surface area contributed by atoms with E-state index in [1.807, 2.05) is 55.1 Å². The molecule has 0 spiro atoms. The number of hydrogen-bond donors (Lipinski definition) is 1. The lowest BCUT2D eigenvalue weighted by Gasteiger charge is -2.13. The molecular formula is C19H19N5O. The van der Waals surface area contributed by atoms with E-state index in [4.69, 9.17) is 4.42 Å². The molecule has 1 N–H and O–H groups in total. The zero-order valence-electron chi connectivity index (χ0n) is 14.2. The van der Waals surface area contributed by atoms with Gasteiger partial charge in [0.25, 0.3) is 0 Å². The molecule has 25 heavy (non-hydrogen) atoms. The van der Waals surface area contributed by atoms with Gasteiger partial charge >= 0.3 is 0 Å². The Bertz CT molecular complexity index is 988. The SMILES string of the molecule is CN(C)c1cccc(-c2cnc3ccc(NCc4ccco4)nn23)c1. The lowest BCUT2D eigenvalue weighted by Crippen LogP contribution is -2.08. The van der Waals surface area contributed by atoms with E-state index in [1.54, 1.807) is 6.26 Å². The van der Waals surface area contributed by atoms with Crippen molar-refractivity contribution in [2.24, 2.45) is 0 Å². The molecule has 0 fully saturated rings. The first-order valence-corrected chi connectivity index (χ1v) is 8.09. The van der Waals surface area contributed by atoms with Crippen LogP contribution in [0.5, 0.6) is 0 Å². The minimum Gasteiger partial charge on any atom is -0.467 e. The number of benzene rings is 1. The van der Waals surface area contributed by atoms with Crippen LogP contribution in [0, 0.1) is 0 Å². The zero-order chi connectivity index (χ0) is 17.2. The van der Waals surface area contributed by atoms with Crippen molar-refractivity contribution in [1.82, 2.24) is 14.6 Å². The summed E-state index contributed by atoms with van der Waals surface area (Å²) in [5.41, 5.74) is 3.99. The van der Waals surface area contributed by atoms with Gasteiger partial charge in [-0.2, -0.15) is 0 Å². The van der Waals surface area contributed by atoms with E-state index in [1.165, 1.54) is 0 Å². The van der Waals surface area contributed by atoms with E-state index in [9.17, 15) is 0 Å². The molecule has 0 bridgehead atoms. The fraction of sp³-hybridized carbons (Fsp3) is 0.158. The van der Waals surface area contributed by atoms with Crippen molar-refractivity contribution in [3.05, 3.63) is 66.8 Å². The van der Waals surface area contributed by atoms with Gasteiger partial charge in [-0.25, -0.2) is 9.50 Å². The Morgan fingerprint density at radius 3 is 2.84 bits per heavy atom. The van der Waals surface area contributed by atoms with Crippen molar-refractivity contribution in [3.8, 4) is 11.3 Å². The number of aromatic nitrogens is 3. The molecule has 0 aliphatic heterocycles. The summed E-state index contributed by atoms with van der Waals surface area (Å²) >= 11 is 0. The minimum atomic E-state index is 0.589. The van der Waals surface area contributed by atoms with Crippen LogP contribution in [-0.2, 0) is 6.54 Å². The van der Waals surface area contributed by atoms with Gasteiger partial charge in [0.2, 0.25) is 0 Å². The standard InChI is InChI=1S/C19H19N5O/c1-23(2)15-6-3-5-14(11-15)17-13-21-19-9-8-18(22-24(17)19)20-12-16-7-4-10-25-16/h3-11,13H,12H2,1-2H3,(H,20,22). The van der Waals surface area contributed by atoms with Gasteiger partial charge in [0.1, 0.15) is 11.6 Å².